The van der Waals surface area contributed by atoms with E-state index in [0.29, 0.717) is 6.42 Å². The normalized spacial score (nSPS) is 14.0. The fourth-order valence-electron chi connectivity index (χ4n) is 0.598. The van der Waals surface area contributed by atoms with E-state index in [0.717, 1.165) is 6.26 Å². The number of carbonyl (C=O) groups excluding carboxylic acids is 1. The smallest absolute Gasteiger partial charge is 0.148 e. The van der Waals surface area contributed by atoms with Crippen molar-refractivity contribution in [3.05, 3.63) is 0 Å². The summed E-state index contributed by atoms with van der Waals surface area (Å²) >= 11 is 0. The van der Waals surface area contributed by atoms with E-state index in [1.165, 1.54) is 0 Å². The lowest BCUT2D eigenvalue weighted by atomic mass is 10.4. The maximum Gasteiger partial charge on any atom is 0.148 e. The van der Waals surface area contributed by atoms with Crippen LogP contribution >= 0.6 is 0 Å². The average Bonchev–Trinajstić information content (AvgIpc) is 1.99. The van der Waals surface area contributed by atoms with Crippen LogP contribution in [-0.2, 0) is 25.4 Å². The summed E-state index contributed by atoms with van der Waals surface area (Å²) < 4.78 is 32.4. The second-order valence-corrected chi connectivity index (χ2v) is 6.65. The van der Waals surface area contributed by atoms with E-state index in [4.69, 9.17) is 0 Å². The molecule has 0 amide bonds. The Balaban J connectivity index is 3.84. The maximum absolute atomic E-state index is 11.1. The molecule has 1 atom stereocenters. The first-order valence-electron chi connectivity index (χ1n) is 3.89. The molecule has 0 saturated heterocycles. The van der Waals surface area contributed by atoms with E-state index in [-0.39, 0.29) is 23.0 Å². The summed E-state index contributed by atoms with van der Waals surface area (Å²) in [7, 11) is -4.39. The number of Topliss-reactive ketones (excluding diaryl/α,β-unsaturated/α-hetero) is 1. The van der Waals surface area contributed by atoms with Crippen LogP contribution in [0.25, 0.3) is 0 Å². The molecule has 0 saturated carbocycles. The van der Waals surface area contributed by atoms with Crippen molar-refractivity contribution in [2.45, 2.75) is 13.3 Å². The minimum Gasteiger partial charge on any atom is -0.299 e. The molecule has 0 bridgehead atoms. The van der Waals surface area contributed by atoms with Gasteiger partial charge in [-0.2, -0.15) is 0 Å². The lowest BCUT2D eigenvalue weighted by molar-refractivity contribution is -0.116. The highest BCUT2D eigenvalue weighted by Crippen LogP contribution is 1.91. The maximum atomic E-state index is 11.1. The van der Waals surface area contributed by atoms with Gasteiger partial charge in [-0.15, -0.1) is 0 Å². The molecule has 0 aromatic carbocycles. The molecule has 78 valence electrons. The van der Waals surface area contributed by atoms with Crippen molar-refractivity contribution < 1.29 is 17.4 Å². The van der Waals surface area contributed by atoms with Gasteiger partial charge in [0.2, 0.25) is 0 Å². The van der Waals surface area contributed by atoms with Crippen LogP contribution in [0.4, 0.5) is 0 Å². The highest BCUT2D eigenvalue weighted by Gasteiger charge is 2.09. The third-order valence-electron chi connectivity index (χ3n) is 1.40. The molecule has 0 aliphatic carbocycles. The Bertz CT molecular complexity index is 292. The molecular formula is C7H14O4S2. The summed E-state index contributed by atoms with van der Waals surface area (Å²) in [6.45, 7) is 1.69. The molecule has 0 heterocycles. The Labute approximate surface area is 81.1 Å². The van der Waals surface area contributed by atoms with Crippen LogP contribution < -0.4 is 0 Å². The second-order valence-electron chi connectivity index (χ2n) is 2.81. The Morgan fingerprint density at radius 2 is 1.92 bits per heavy atom. The Morgan fingerprint density at radius 3 is 2.31 bits per heavy atom. The van der Waals surface area contributed by atoms with Gasteiger partial charge in [0.05, 0.1) is 11.5 Å². The van der Waals surface area contributed by atoms with Gasteiger partial charge in [-0.25, -0.2) is 8.42 Å². The fourth-order valence-corrected chi connectivity index (χ4v) is 3.26. The van der Waals surface area contributed by atoms with Crippen molar-refractivity contribution in [1.82, 2.24) is 0 Å². The molecular weight excluding hydrogens is 212 g/mol. The molecule has 0 rings (SSSR count). The van der Waals surface area contributed by atoms with E-state index in [9.17, 15) is 17.4 Å². The van der Waals surface area contributed by atoms with Crippen LogP contribution in [0.2, 0.25) is 0 Å². The second kappa shape index (κ2) is 5.49. The van der Waals surface area contributed by atoms with E-state index in [2.05, 4.69) is 0 Å². The summed E-state index contributed by atoms with van der Waals surface area (Å²) in [5.41, 5.74) is 0. The first-order valence-corrected chi connectivity index (χ1v) is 7.44. The minimum atomic E-state index is -3.07. The molecule has 0 radical (unpaired) electrons. The van der Waals surface area contributed by atoms with Gasteiger partial charge < -0.3 is 0 Å². The van der Waals surface area contributed by atoms with Gasteiger partial charge in [-0.1, -0.05) is 6.92 Å². The lowest BCUT2D eigenvalue weighted by Crippen LogP contribution is -2.17. The first kappa shape index (κ1) is 12.8. The van der Waals surface area contributed by atoms with Gasteiger partial charge in [0.25, 0.3) is 0 Å². The number of hydrogen-bond acceptors (Lipinski definition) is 4. The Kier molecular flexibility index (Phi) is 5.39. The van der Waals surface area contributed by atoms with Crippen LogP contribution in [0, 0.1) is 0 Å². The zero-order chi connectivity index (χ0) is 10.5. The predicted molar refractivity (Wildman–Crippen MR) is 52.9 cm³/mol. The van der Waals surface area contributed by atoms with Gasteiger partial charge in [0, 0.05) is 29.2 Å². The number of rotatable bonds is 6. The number of hydrogen-bond donors (Lipinski definition) is 0. The van der Waals surface area contributed by atoms with E-state index in [1.807, 2.05) is 0 Å². The van der Waals surface area contributed by atoms with Gasteiger partial charge in [-0.3, -0.25) is 9.00 Å². The highest BCUT2D eigenvalue weighted by atomic mass is 32.2. The summed E-state index contributed by atoms with van der Waals surface area (Å²) in [4.78, 5) is 10.8. The molecule has 0 spiro atoms. The lowest BCUT2D eigenvalue weighted by Gasteiger charge is -1.98. The molecule has 6 heteroatoms. The zero-order valence-corrected chi connectivity index (χ0v) is 9.41. The molecule has 0 aromatic rings. The molecule has 13 heavy (non-hydrogen) atoms. The largest absolute Gasteiger partial charge is 0.299 e. The standard InChI is InChI=1S/C7H14O4S2/c1-3-7(8)6-12(9)4-5-13(2,10)11/h3-6H2,1-2H3. The fraction of sp³-hybridized carbons (Fsp3) is 0.857. The molecule has 0 aliphatic heterocycles. The SMILES string of the molecule is CCC(=O)CS(=O)CCS(C)(=O)=O. The van der Waals surface area contributed by atoms with Crippen molar-refractivity contribution in [3.8, 4) is 0 Å². The molecule has 0 N–H and O–H groups in total. The van der Waals surface area contributed by atoms with E-state index < -0.39 is 20.6 Å². The summed E-state index contributed by atoms with van der Waals surface area (Å²) in [5.74, 6) is -0.167. The average molecular weight is 226 g/mol. The van der Waals surface area contributed by atoms with Crippen LogP contribution in [-0.4, -0.2) is 41.9 Å². The van der Waals surface area contributed by atoms with Gasteiger partial charge in [0.1, 0.15) is 15.6 Å². The quantitative estimate of drug-likeness (QED) is 0.627. The van der Waals surface area contributed by atoms with Crippen molar-refractivity contribution >= 4 is 26.4 Å². The zero-order valence-electron chi connectivity index (χ0n) is 7.78. The monoisotopic (exact) mass is 226 g/mol. The summed E-state index contributed by atoms with van der Waals surface area (Å²) in [6, 6.07) is 0. The topological polar surface area (TPSA) is 68.3 Å². The molecule has 1 unspecified atom stereocenters. The van der Waals surface area contributed by atoms with Crippen LogP contribution in [0.3, 0.4) is 0 Å². The Hall–Kier alpha value is -0.230. The highest BCUT2D eigenvalue weighted by molar-refractivity contribution is 7.92. The third-order valence-corrected chi connectivity index (χ3v) is 3.91. The molecule has 4 nitrogen and oxygen atoms in total. The van der Waals surface area contributed by atoms with Crippen molar-refractivity contribution in [1.29, 1.82) is 0 Å². The van der Waals surface area contributed by atoms with Gasteiger partial charge in [0.15, 0.2) is 0 Å². The van der Waals surface area contributed by atoms with Crippen LogP contribution in [0.1, 0.15) is 13.3 Å². The Morgan fingerprint density at radius 1 is 1.38 bits per heavy atom. The van der Waals surface area contributed by atoms with Gasteiger partial charge >= 0.3 is 0 Å². The summed E-state index contributed by atoms with van der Waals surface area (Å²) in [6.07, 6.45) is 1.44. The minimum absolute atomic E-state index is 0.0218. The van der Waals surface area contributed by atoms with Crippen LogP contribution in [0.5, 0.6) is 0 Å². The first-order chi connectivity index (χ1) is 5.85. The number of ketones is 1. The predicted octanol–water partition coefficient (Wildman–Crippen LogP) is -0.241. The van der Waals surface area contributed by atoms with Crippen molar-refractivity contribution in [2.75, 3.05) is 23.5 Å². The number of sulfone groups is 1. The molecule has 0 fully saturated rings. The van der Waals surface area contributed by atoms with Gasteiger partial charge in [-0.05, 0) is 0 Å². The summed E-state index contributed by atoms with van der Waals surface area (Å²) in [5, 5.41) is 0. The third kappa shape index (κ3) is 8.11. The van der Waals surface area contributed by atoms with Crippen molar-refractivity contribution in [3.63, 3.8) is 0 Å². The van der Waals surface area contributed by atoms with E-state index in [1.54, 1.807) is 6.92 Å². The molecule has 0 aliphatic rings. The molecule has 0 aromatic heterocycles. The van der Waals surface area contributed by atoms with Crippen molar-refractivity contribution in [2.24, 2.45) is 0 Å². The number of carbonyl (C=O) groups is 1. The van der Waals surface area contributed by atoms with Crippen LogP contribution in [0.15, 0.2) is 0 Å². The van der Waals surface area contributed by atoms with E-state index >= 15 is 0 Å².